The third kappa shape index (κ3) is 6.54. The molecule has 6 nitrogen and oxygen atoms in total. The number of carbonyl (C=O) groups excluding carboxylic acids is 2. The largest absolute Gasteiger partial charge is 0.543 e. The minimum absolute atomic E-state index is 0.291. The molecule has 0 bridgehead atoms. The van der Waals surface area contributed by atoms with Crippen LogP contribution in [0.3, 0.4) is 0 Å². The normalized spacial score (nSPS) is 11.8. The number of carbonyl (C=O) groups is 2. The maximum absolute atomic E-state index is 12.3. The molecule has 0 amide bonds. The molecule has 6 heteroatoms. The zero-order valence-corrected chi connectivity index (χ0v) is 17.6. The number of hydrogen-bond acceptors (Lipinski definition) is 6. The summed E-state index contributed by atoms with van der Waals surface area (Å²) in [7, 11) is 0. The van der Waals surface area contributed by atoms with Crippen LogP contribution >= 0.6 is 0 Å². The lowest BCUT2D eigenvalue weighted by Crippen LogP contribution is -2.18. The summed E-state index contributed by atoms with van der Waals surface area (Å²) < 4.78 is 5.04. The van der Waals surface area contributed by atoms with Crippen molar-refractivity contribution >= 4 is 12.1 Å². The van der Waals surface area contributed by atoms with Crippen LogP contribution in [0, 0.1) is 34.6 Å². The Bertz CT molecular complexity index is 636. The van der Waals surface area contributed by atoms with E-state index in [-0.39, 0.29) is 6.10 Å². The van der Waals surface area contributed by atoms with Gasteiger partial charge in [-0.15, -0.1) is 0 Å². The van der Waals surface area contributed by atoms with E-state index >= 15 is 0 Å². The average Bonchev–Trinajstić information content (AvgIpc) is 2.62. The molecular formula is C21H32O6. The van der Waals surface area contributed by atoms with Crippen LogP contribution in [0.15, 0.2) is 0 Å². The van der Waals surface area contributed by atoms with E-state index in [1.165, 1.54) is 0 Å². The Morgan fingerprint density at radius 2 is 1.37 bits per heavy atom. The van der Waals surface area contributed by atoms with Gasteiger partial charge in [-0.3, -0.25) is 4.89 Å². The van der Waals surface area contributed by atoms with Crippen LogP contribution in [0.1, 0.15) is 84.1 Å². The summed E-state index contributed by atoms with van der Waals surface area (Å²) in [5, 5.41) is 4.35. The molecule has 0 N–H and O–H groups in total. The Morgan fingerprint density at radius 3 is 1.93 bits per heavy atom. The van der Waals surface area contributed by atoms with Crippen molar-refractivity contribution in [3.63, 3.8) is 0 Å². The number of ether oxygens (including phenoxy) is 1. The summed E-state index contributed by atoms with van der Waals surface area (Å²) in [4.78, 5) is 33.0. The third-order valence-electron chi connectivity index (χ3n) is 5.18. The summed E-state index contributed by atoms with van der Waals surface area (Å²) in [5.41, 5.74) is 5.21. The minimum atomic E-state index is -1.03. The van der Waals surface area contributed by atoms with E-state index in [9.17, 15) is 9.59 Å². The lowest BCUT2D eigenvalue weighted by Gasteiger charge is -2.16. The van der Waals surface area contributed by atoms with E-state index in [2.05, 4.69) is 21.7 Å². The van der Waals surface area contributed by atoms with Gasteiger partial charge in [-0.05, 0) is 82.2 Å². The van der Waals surface area contributed by atoms with Gasteiger partial charge in [-0.2, -0.15) is 0 Å². The van der Waals surface area contributed by atoms with Crippen molar-refractivity contribution in [3.05, 3.63) is 33.4 Å². The van der Waals surface area contributed by atoms with E-state index in [1.807, 2.05) is 34.6 Å². The predicted molar refractivity (Wildman–Crippen MR) is 102 cm³/mol. The second-order valence-corrected chi connectivity index (χ2v) is 7.05. The van der Waals surface area contributed by atoms with Gasteiger partial charge in [0.2, 0.25) is 0 Å². The van der Waals surface area contributed by atoms with Crippen LogP contribution < -0.4 is 0 Å². The molecule has 27 heavy (non-hydrogen) atoms. The highest BCUT2D eigenvalue weighted by Crippen LogP contribution is 2.26. The fourth-order valence-corrected chi connectivity index (χ4v) is 3.02. The monoisotopic (exact) mass is 380 g/mol. The molecule has 0 aliphatic carbocycles. The van der Waals surface area contributed by atoms with Crippen LogP contribution in [-0.4, -0.2) is 18.2 Å². The lowest BCUT2D eigenvalue weighted by atomic mass is 9.90. The van der Waals surface area contributed by atoms with E-state index in [0.29, 0.717) is 5.56 Å². The lowest BCUT2D eigenvalue weighted by molar-refractivity contribution is -0.453. The van der Waals surface area contributed by atoms with Gasteiger partial charge >= 0.3 is 12.1 Å². The Morgan fingerprint density at radius 1 is 0.815 bits per heavy atom. The molecule has 1 aromatic carbocycles. The van der Waals surface area contributed by atoms with Crippen LogP contribution in [-0.2, 0) is 19.6 Å². The molecule has 0 heterocycles. The Labute approximate surface area is 162 Å². The molecule has 1 unspecified atom stereocenters. The number of hydrogen-bond donors (Lipinski definition) is 0. The van der Waals surface area contributed by atoms with Crippen molar-refractivity contribution in [3.8, 4) is 0 Å². The van der Waals surface area contributed by atoms with E-state index in [4.69, 9.17) is 4.74 Å². The summed E-state index contributed by atoms with van der Waals surface area (Å²) in [5.74, 6) is -0.711. The second kappa shape index (κ2) is 10.9. The van der Waals surface area contributed by atoms with Crippen LogP contribution in [0.25, 0.3) is 0 Å². The van der Waals surface area contributed by atoms with Crippen molar-refractivity contribution < 1.29 is 29.1 Å². The molecule has 0 spiro atoms. The Hall–Kier alpha value is -2.08. The summed E-state index contributed by atoms with van der Waals surface area (Å²) in [6.07, 6.45) is 3.80. The first-order valence-corrected chi connectivity index (χ1v) is 9.53. The molecule has 0 saturated carbocycles. The van der Waals surface area contributed by atoms with Crippen molar-refractivity contribution in [1.82, 2.24) is 0 Å². The first-order valence-electron chi connectivity index (χ1n) is 9.53. The first-order chi connectivity index (χ1) is 12.7. The molecule has 152 valence electrons. The molecule has 1 aromatic rings. The Balaban J connectivity index is 2.51. The fraction of sp³-hybridized carbons (Fsp3) is 0.619. The molecular weight excluding hydrogens is 348 g/mol. The first kappa shape index (κ1) is 23.0. The van der Waals surface area contributed by atoms with Crippen LogP contribution in [0.4, 0.5) is 4.79 Å². The van der Waals surface area contributed by atoms with Gasteiger partial charge in [0.1, 0.15) is 6.10 Å². The number of unbranched alkanes of at least 4 members (excludes halogenated alkanes) is 3. The van der Waals surface area contributed by atoms with Crippen LogP contribution in [0.5, 0.6) is 0 Å². The zero-order valence-electron chi connectivity index (χ0n) is 17.6. The number of rotatable bonds is 9. The van der Waals surface area contributed by atoms with Crippen molar-refractivity contribution in [2.75, 3.05) is 0 Å². The SMILES string of the molecule is CCCCCCC(C)OC(=O)OOOC(=O)c1c(C)c(C)c(C)c(C)c1C. The van der Waals surface area contributed by atoms with E-state index in [1.54, 1.807) is 6.92 Å². The molecule has 0 aliphatic heterocycles. The maximum atomic E-state index is 12.3. The highest BCUT2D eigenvalue weighted by Gasteiger charge is 2.21. The molecule has 0 aromatic heterocycles. The van der Waals surface area contributed by atoms with Gasteiger partial charge in [-0.25, -0.2) is 14.5 Å². The third-order valence-corrected chi connectivity index (χ3v) is 5.18. The molecule has 1 rings (SSSR count). The highest BCUT2D eigenvalue weighted by atomic mass is 17.5. The quantitative estimate of drug-likeness (QED) is 0.235. The fourth-order valence-electron chi connectivity index (χ4n) is 3.02. The molecule has 0 fully saturated rings. The van der Waals surface area contributed by atoms with Crippen molar-refractivity contribution in [1.29, 1.82) is 0 Å². The minimum Gasteiger partial charge on any atom is -0.429 e. The Kier molecular flexibility index (Phi) is 9.29. The van der Waals surface area contributed by atoms with Gasteiger partial charge in [0, 0.05) is 0 Å². The van der Waals surface area contributed by atoms with Crippen molar-refractivity contribution in [2.45, 2.75) is 86.7 Å². The van der Waals surface area contributed by atoms with Crippen LogP contribution in [0.2, 0.25) is 0 Å². The van der Waals surface area contributed by atoms with E-state index < -0.39 is 12.1 Å². The molecule has 0 saturated heterocycles. The number of benzene rings is 1. The topological polar surface area (TPSA) is 71.1 Å². The van der Waals surface area contributed by atoms with Gasteiger partial charge in [0.25, 0.3) is 0 Å². The standard InChI is InChI=1S/C21H32O6/c1-8-9-10-11-12-13(2)24-21(23)26-27-25-20(22)19-17(6)15(4)14(3)16(5)18(19)7/h13H,8-12H2,1-7H3. The molecule has 0 aliphatic rings. The summed E-state index contributed by atoms with van der Waals surface area (Å²) >= 11 is 0. The van der Waals surface area contributed by atoms with Gasteiger partial charge in [0.05, 0.1) is 10.6 Å². The molecule has 1 atom stereocenters. The van der Waals surface area contributed by atoms with Gasteiger partial charge < -0.3 is 4.74 Å². The zero-order chi connectivity index (χ0) is 20.6. The van der Waals surface area contributed by atoms with Crippen molar-refractivity contribution in [2.24, 2.45) is 0 Å². The van der Waals surface area contributed by atoms with E-state index in [0.717, 1.165) is 59.9 Å². The average molecular weight is 380 g/mol. The summed E-state index contributed by atoms with van der Waals surface area (Å²) in [6.45, 7) is 13.5. The predicted octanol–water partition coefficient (Wildman–Crippen LogP) is 5.74. The smallest absolute Gasteiger partial charge is 0.429 e. The van der Waals surface area contributed by atoms with Gasteiger partial charge in [0.15, 0.2) is 0 Å². The summed E-state index contributed by atoms with van der Waals surface area (Å²) in [6, 6.07) is 0. The highest BCUT2D eigenvalue weighted by molar-refractivity contribution is 5.93. The molecule has 0 radical (unpaired) electrons. The maximum Gasteiger partial charge on any atom is 0.543 e. The van der Waals surface area contributed by atoms with Gasteiger partial charge in [-0.1, -0.05) is 26.2 Å². The second-order valence-electron chi connectivity index (χ2n) is 7.05.